The van der Waals surface area contributed by atoms with Crippen LogP contribution in [0.2, 0.25) is 0 Å². The molecule has 0 fully saturated rings. The largest absolute Gasteiger partial charge is 0.481 e. The first kappa shape index (κ1) is 24.5. The average molecular weight is 355 g/mol. The summed E-state index contributed by atoms with van der Waals surface area (Å²) >= 11 is 0. The number of carboxylic acid groups (broad SMARTS) is 1. The number of hydrogen-bond acceptors (Lipinski definition) is 1. The SMILES string of the molecule is CCCCCCCC(CCCCCCC)(CCCCCCC)C(=O)O. The molecule has 0 aromatic heterocycles. The first-order valence-corrected chi connectivity index (χ1v) is 11.4. The van der Waals surface area contributed by atoms with Crippen LogP contribution in [0.25, 0.3) is 0 Å². The Kier molecular flexibility index (Phi) is 16.6. The smallest absolute Gasteiger partial charge is 0.309 e. The van der Waals surface area contributed by atoms with Crippen LogP contribution in [0.4, 0.5) is 0 Å². The van der Waals surface area contributed by atoms with Crippen molar-refractivity contribution in [2.24, 2.45) is 5.41 Å². The maximum Gasteiger partial charge on any atom is 0.309 e. The Hall–Kier alpha value is -0.530. The molecule has 0 unspecified atom stereocenters. The number of aliphatic carboxylic acids is 1. The van der Waals surface area contributed by atoms with E-state index < -0.39 is 11.4 Å². The Morgan fingerprint density at radius 3 is 1.08 bits per heavy atom. The molecule has 0 aliphatic rings. The molecule has 0 heterocycles. The van der Waals surface area contributed by atoms with Crippen molar-refractivity contribution < 1.29 is 9.90 Å². The van der Waals surface area contributed by atoms with Crippen molar-refractivity contribution in [2.45, 2.75) is 136 Å². The molecular weight excluding hydrogens is 308 g/mol. The Labute approximate surface area is 158 Å². The lowest BCUT2D eigenvalue weighted by Crippen LogP contribution is -2.31. The highest BCUT2D eigenvalue weighted by Gasteiger charge is 2.36. The summed E-state index contributed by atoms with van der Waals surface area (Å²) in [7, 11) is 0. The summed E-state index contributed by atoms with van der Waals surface area (Å²) < 4.78 is 0. The van der Waals surface area contributed by atoms with Crippen molar-refractivity contribution in [3.8, 4) is 0 Å². The minimum Gasteiger partial charge on any atom is -0.481 e. The summed E-state index contributed by atoms with van der Waals surface area (Å²) in [4.78, 5) is 12.2. The fourth-order valence-electron chi connectivity index (χ4n) is 3.90. The first-order chi connectivity index (χ1) is 12.1. The molecule has 0 rings (SSSR count). The van der Waals surface area contributed by atoms with Gasteiger partial charge in [-0.3, -0.25) is 4.79 Å². The van der Waals surface area contributed by atoms with E-state index in [1.807, 2.05) is 0 Å². The number of rotatable bonds is 19. The quantitative estimate of drug-likeness (QED) is 0.238. The third-order valence-electron chi connectivity index (χ3n) is 5.73. The van der Waals surface area contributed by atoms with E-state index in [0.717, 1.165) is 38.5 Å². The zero-order chi connectivity index (χ0) is 18.8. The van der Waals surface area contributed by atoms with Gasteiger partial charge in [0.15, 0.2) is 0 Å². The number of carboxylic acids is 1. The minimum atomic E-state index is -0.519. The lowest BCUT2D eigenvalue weighted by Gasteiger charge is -2.30. The van der Waals surface area contributed by atoms with E-state index in [0.29, 0.717) is 0 Å². The molecule has 0 saturated heterocycles. The second-order valence-electron chi connectivity index (χ2n) is 8.08. The molecule has 0 radical (unpaired) electrons. The Bertz CT molecular complexity index is 262. The number of unbranched alkanes of at least 4 members (excludes halogenated alkanes) is 12. The molecule has 2 nitrogen and oxygen atoms in total. The standard InChI is InChI=1S/C23H46O2/c1-4-7-10-13-16-19-23(22(24)25,20-17-14-11-8-5-2)21-18-15-12-9-6-3/h4-21H2,1-3H3,(H,24,25). The zero-order valence-electron chi connectivity index (χ0n) is 17.6. The van der Waals surface area contributed by atoms with Crippen LogP contribution in [0.15, 0.2) is 0 Å². The summed E-state index contributed by atoms with van der Waals surface area (Å²) in [6.07, 6.45) is 21.0. The zero-order valence-corrected chi connectivity index (χ0v) is 17.6. The lowest BCUT2D eigenvalue weighted by molar-refractivity contribution is -0.150. The highest BCUT2D eigenvalue weighted by molar-refractivity contribution is 5.74. The molecule has 25 heavy (non-hydrogen) atoms. The van der Waals surface area contributed by atoms with Crippen LogP contribution in [-0.2, 0) is 4.79 Å². The van der Waals surface area contributed by atoms with Crippen molar-refractivity contribution >= 4 is 5.97 Å². The van der Waals surface area contributed by atoms with Gasteiger partial charge in [0.05, 0.1) is 5.41 Å². The van der Waals surface area contributed by atoms with E-state index in [1.54, 1.807) is 0 Å². The molecule has 0 aromatic rings. The van der Waals surface area contributed by atoms with Gasteiger partial charge in [0.2, 0.25) is 0 Å². The minimum absolute atomic E-state index is 0.440. The van der Waals surface area contributed by atoms with Gasteiger partial charge in [0.25, 0.3) is 0 Å². The van der Waals surface area contributed by atoms with E-state index in [4.69, 9.17) is 0 Å². The molecule has 0 atom stereocenters. The predicted molar refractivity (Wildman–Crippen MR) is 110 cm³/mol. The molecule has 2 heteroatoms. The lowest BCUT2D eigenvalue weighted by atomic mass is 9.74. The van der Waals surface area contributed by atoms with Crippen molar-refractivity contribution in [3.63, 3.8) is 0 Å². The van der Waals surface area contributed by atoms with Crippen molar-refractivity contribution in [1.82, 2.24) is 0 Å². The van der Waals surface area contributed by atoms with Crippen LogP contribution in [0.1, 0.15) is 136 Å². The Morgan fingerprint density at radius 1 is 0.560 bits per heavy atom. The van der Waals surface area contributed by atoms with Gasteiger partial charge in [-0.25, -0.2) is 0 Å². The second kappa shape index (κ2) is 16.9. The van der Waals surface area contributed by atoms with E-state index in [1.165, 1.54) is 77.0 Å². The number of hydrogen-bond donors (Lipinski definition) is 1. The van der Waals surface area contributed by atoms with Gasteiger partial charge in [0, 0.05) is 0 Å². The second-order valence-corrected chi connectivity index (χ2v) is 8.08. The van der Waals surface area contributed by atoms with Crippen LogP contribution in [-0.4, -0.2) is 11.1 Å². The molecular formula is C23H46O2. The Balaban J connectivity index is 4.49. The summed E-state index contributed by atoms with van der Waals surface area (Å²) in [5.74, 6) is -0.519. The molecule has 1 N–H and O–H groups in total. The van der Waals surface area contributed by atoms with E-state index in [2.05, 4.69) is 20.8 Å². The highest BCUT2D eigenvalue weighted by Crippen LogP contribution is 2.38. The fraction of sp³-hybridized carbons (Fsp3) is 0.957. The van der Waals surface area contributed by atoms with Gasteiger partial charge in [0.1, 0.15) is 0 Å². The van der Waals surface area contributed by atoms with Crippen molar-refractivity contribution in [2.75, 3.05) is 0 Å². The van der Waals surface area contributed by atoms with E-state index in [-0.39, 0.29) is 0 Å². The van der Waals surface area contributed by atoms with Crippen LogP contribution in [0.3, 0.4) is 0 Å². The van der Waals surface area contributed by atoms with Gasteiger partial charge in [-0.15, -0.1) is 0 Å². The first-order valence-electron chi connectivity index (χ1n) is 11.4. The average Bonchev–Trinajstić information content (AvgIpc) is 2.60. The van der Waals surface area contributed by atoms with Gasteiger partial charge in [-0.1, -0.05) is 117 Å². The molecule has 0 saturated carbocycles. The third kappa shape index (κ3) is 12.5. The van der Waals surface area contributed by atoms with Crippen molar-refractivity contribution in [3.05, 3.63) is 0 Å². The predicted octanol–water partition coefficient (Wildman–Crippen LogP) is 8.14. The van der Waals surface area contributed by atoms with Crippen LogP contribution in [0.5, 0.6) is 0 Å². The van der Waals surface area contributed by atoms with E-state index in [9.17, 15) is 9.90 Å². The fourth-order valence-corrected chi connectivity index (χ4v) is 3.90. The summed E-state index contributed by atoms with van der Waals surface area (Å²) in [5, 5.41) is 10.0. The highest BCUT2D eigenvalue weighted by atomic mass is 16.4. The molecule has 0 bridgehead atoms. The topological polar surface area (TPSA) is 37.3 Å². The van der Waals surface area contributed by atoms with Crippen LogP contribution in [0, 0.1) is 5.41 Å². The Morgan fingerprint density at radius 2 is 0.840 bits per heavy atom. The molecule has 0 aliphatic carbocycles. The van der Waals surface area contributed by atoms with Gasteiger partial charge in [-0.2, -0.15) is 0 Å². The normalized spacial score (nSPS) is 11.8. The summed E-state index contributed by atoms with van der Waals surface area (Å²) in [6, 6.07) is 0. The van der Waals surface area contributed by atoms with Crippen LogP contribution >= 0.6 is 0 Å². The van der Waals surface area contributed by atoms with Gasteiger partial charge in [-0.05, 0) is 19.3 Å². The monoisotopic (exact) mass is 354 g/mol. The molecule has 0 amide bonds. The van der Waals surface area contributed by atoms with E-state index >= 15 is 0 Å². The number of carbonyl (C=O) groups is 1. The molecule has 0 spiro atoms. The van der Waals surface area contributed by atoms with Crippen molar-refractivity contribution in [1.29, 1.82) is 0 Å². The maximum absolute atomic E-state index is 12.2. The summed E-state index contributed by atoms with van der Waals surface area (Å²) in [6.45, 7) is 6.69. The summed E-state index contributed by atoms with van der Waals surface area (Å²) in [5.41, 5.74) is -0.440. The van der Waals surface area contributed by atoms with Crippen LogP contribution < -0.4 is 0 Å². The maximum atomic E-state index is 12.2. The molecule has 0 aliphatic heterocycles. The van der Waals surface area contributed by atoms with Gasteiger partial charge < -0.3 is 5.11 Å². The molecule has 150 valence electrons. The van der Waals surface area contributed by atoms with Gasteiger partial charge >= 0.3 is 5.97 Å². The molecule has 0 aromatic carbocycles. The third-order valence-corrected chi connectivity index (χ3v) is 5.73.